The average molecular weight is 152 g/mol. The lowest BCUT2D eigenvalue weighted by Crippen LogP contribution is -1.87. The second kappa shape index (κ2) is 2.22. The van der Waals surface area contributed by atoms with Crippen LogP contribution < -0.4 is 5.73 Å². The molecule has 1 aromatic heterocycles. The van der Waals surface area contributed by atoms with Gasteiger partial charge in [0.2, 0.25) is 5.95 Å². The third-order valence-electron chi connectivity index (χ3n) is 2.32. The maximum Gasteiger partial charge on any atom is 0.239 e. The first kappa shape index (κ1) is 6.64. The van der Waals surface area contributed by atoms with Gasteiger partial charge in [-0.15, -0.1) is 5.10 Å². The molecule has 2 rings (SSSR count). The van der Waals surface area contributed by atoms with Crippen LogP contribution in [-0.2, 0) is 0 Å². The number of rotatable bonds is 2. The Kier molecular flexibility index (Phi) is 1.34. The van der Waals surface area contributed by atoms with Crippen molar-refractivity contribution in [3.63, 3.8) is 0 Å². The SMILES string of the molecule is CC[C@@H]1C[C@H]1c1nc(N)n[nH]1. The smallest absolute Gasteiger partial charge is 0.239 e. The van der Waals surface area contributed by atoms with Crippen LogP contribution in [0.15, 0.2) is 0 Å². The van der Waals surface area contributed by atoms with Crippen LogP contribution in [0.25, 0.3) is 0 Å². The molecule has 0 spiro atoms. The fourth-order valence-electron chi connectivity index (χ4n) is 1.49. The fourth-order valence-corrected chi connectivity index (χ4v) is 1.49. The van der Waals surface area contributed by atoms with Gasteiger partial charge in [-0.05, 0) is 12.3 Å². The molecule has 2 atom stereocenters. The summed E-state index contributed by atoms with van der Waals surface area (Å²) in [6, 6.07) is 0. The normalized spacial score (nSPS) is 28.8. The number of nitrogens with two attached hydrogens (primary N) is 1. The highest BCUT2D eigenvalue weighted by atomic mass is 15.3. The quantitative estimate of drug-likeness (QED) is 0.661. The number of nitrogens with zero attached hydrogens (tertiary/aromatic N) is 2. The molecule has 0 amide bonds. The zero-order valence-electron chi connectivity index (χ0n) is 6.54. The highest BCUT2D eigenvalue weighted by Gasteiger charge is 2.38. The molecule has 0 aliphatic heterocycles. The topological polar surface area (TPSA) is 67.6 Å². The summed E-state index contributed by atoms with van der Waals surface area (Å²) in [7, 11) is 0. The van der Waals surface area contributed by atoms with Gasteiger partial charge in [-0.25, -0.2) is 0 Å². The lowest BCUT2D eigenvalue weighted by molar-refractivity contribution is 0.744. The van der Waals surface area contributed by atoms with Crippen LogP contribution >= 0.6 is 0 Å². The van der Waals surface area contributed by atoms with Gasteiger partial charge in [-0.2, -0.15) is 4.98 Å². The standard InChI is InChI=1S/C7H12N4/c1-2-4-3-5(4)6-9-7(8)11-10-6/h4-5H,2-3H2,1H3,(H3,8,9,10,11)/t4-,5-/m1/s1. The third kappa shape index (κ3) is 1.08. The summed E-state index contributed by atoms with van der Waals surface area (Å²) in [4.78, 5) is 4.08. The first-order valence-corrected chi connectivity index (χ1v) is 3.99. The molecule has 3 N–H and O–H groups in total. The number of anilines is 1. The number of aromatic amines is 1. The lowest BCUT2D eigenvalue weighted by atomic mass is 10.2. The number of nitrogen functional groups attached to an aromatic ring is 1. The van der Waals surface area contributed by atoms with Crippen molar-refractivity contribution in [2.24, 2.45) is 5.92 Å². The van der Waals surface area contributed by atoms with Crippen molar-refractivity contribution in [1.29, 1.82) is 0 Å². The Bertz CT molecular complexity index is 255. The lowest BCUT2D eigenvalue weighted by Gasteiger charge is -1.88. The molecule has 0 saturated heterocycles. The maximum absolute atomic E-state index is 5.38. The molecule has 0 aromatic carbocycles. The number of hydrogen-bond acceptors (Lipinski definition) is 3. The molecule has 1 heterocycles. The second-order valence-corrected chi connectivity index (χ2v) is 3.09. The number of aromatic nitrogens is 3. The molecular weight excluding hydrogens is 140 g/mol. The predicted molar refractivity (Wildman–Crippen MR) is 41.9 cm³/mol. The zero-order chi connectivity index (χ0) is 7.84. The zero-order valence-corrected chi connectivity index (χ0v) is 6.54. The van der Waals surface area contributed by atoms with Crippen molar-refractivity contribution in [1.82, 2.24) is 15.2 Å². The summed E-state index contributed by atoms with van der Waals surface area (Å²) < 4.78 is 0. The Morgan fingerprint density at radius 2 is 2.55 bits per heavy atom. The largest absolute Gasteiger partial charge is 0.367 e. The molecule has 60 valence electrons. The highest BCUT2D eigenvalue weighted by molar-refractivity contribution is 5.18. The van der Waals surface area contributed by atoms with Gasteiger partial charge in [0.15, 0.2) is 0 Å². The van der Waals surface area contributed by atoms with Gasteiger partial charge in [0.25, 0.3) is 0 Å². The molecule has 0 unspecified atom stereocenters. The monoisotopic (exact) mass is 152 g/mol. The van der Waals surface area contributed by atoms with Crippen LogP contribution in [0.1, 0.15) is 31.5 Å². The van der Waals surface area contributed by atoms with Gasteiger partial charge in [-0.3, -0.25) is 5.10 Å². The molecule has 0 bridgehead atoms. The van der Waals surface area contributed by atoms with Crippen LogP contribution in [0.2, 0.25) is 0 Å². The van der Waals surface area contributed by atoms with Gasteiger partial charge in [0, 0.05) is 5.92 Å². The van der Waals surface area contributed by atoms with E-state index in [1.165, 1.54) is 12.8 Å². The first-order chi connectivity index (χ1) is 5.31. The molecule has 0 radical (unpaired) electrons. The van der Waals surface area contributed by atoms with E-state index in [-0.39, 0.29) is 0 Å². The van der Waals surface area contributed by atoms with Crippen molar-refractivity contribution in [2.45, 2.75) is 25.7 Å². The highest BCUT2D eigenvalue weighted by Crippen LogP contribution is 2.47. The molecule has 1 aliphatic carbocycles. The average Bonchev–Trinajstić information content (AvgIpc) is 2.68. The number of nitrogens with one attached hydrogen (secondary N) is 1. The van der Waals surface area contributed by atoms with Crippen molar-refractivity contribution < 1.29 is 0 Å². The summed E-state index contributed by atoms with van der Waals surface area (Å²) in [5.41, 5.74) is 5.38. The Balaban J connectivity index is 2.08. The molecule has 4 nitrogen and oxygen atoms in total. The summed E-state index contributed by atoms with van der Waals surface area (Å²) in [6.45, 7) is 2.20. The summed E-state index contributed by atoms with van der Waals surface area (Å²) in [6.07, 6.45) is 2.47. The van der Waals surface area contributed by atoms with Crippen LogP contribution in [-0.4, -0.2) is 15.2 Å². The number of hydrogen-bond donors (Lipinski definition) is 2. The van der Waals surface area contributed by atoms with Gasteiger partial charge in [-0.1, -0.05) is 13.3 Å². The van der Waals surface area contributed by atoms with Crippen LogP contribution in [0, 0.1) is 5.92 Å². The molecular formula is C7H12N4. The molecule has 1 fully saturated rings. The van der Waals surface area contributed by atoms with E-state index >= 15 is 0 Å². The molecule has 1 aliphatic rings. The van der Waals surface area contributed by atoms with Gasteiger partial charge >= 0.3 is 0 Å². The van der Waals surface area contributed by atoms with E-state index in [9.17, 15) is 0 Å². The third-order valence-corrected chi connectivity index (χ3v) is 2.32. The van der Waals surface area contributed by atoms with Gasteiger partial charge in [0.1, 0.15) is 5.82 Å². The first-order valence-electron chi connectivity index (χ1n) is 3.99. The van der Waals surface area contributed by atoms with Crippen LogP contribution in [0.3, 0.4) is 0 Å². The van der Waals surface area contributed by atoms with E-state index in [1.807, 2.05) is 0 Å². The Hall–Kier alpha value is -1.06. The van der Waals surface area contributed by atoms with Gasteiger partial charge < -0.3 is 5.73 Å². The number of H-pyrrole nitrogens is 1. The summed E-state index contributed by atoms with van der Waals surface area (Å²) in [5, 5.41) is 6.63. The molecule has 1 aromatic rings. The van der Waals surface area contributed by atoms with Crippen molar-refractivity contribution in [3.05, 3.63) is 5.82 Å². The van der Waals surface area contributed by atoms with E-state index in [1.54, 1.807) is 0 Å². The minimum atomic E-state index is 0.363. The van der Waals surface area contributed by atoms with Crippen molar-refractivity contribution >= 4 is 5.95 Å². The minimum absolute atomic E-state index is 0.363. The molecule has 1 saturated carbocycles. The summed E-state index contributed by atoms with van der Waals surface area (Å²) >= 11 is 0. The minimum Gasteiger partial charge on any atom is -0.367 e. The Labute approximate surface area is 65.2 Å². The van der Waals surface area contributed by atoms with E-state index in [0.717, 1.165) is 11.7 Å². The molecule has 4 heteroatoms. The van der Waals surface area contributed by atoms with E-state index in [0.29, 0.717) is 11.9 Å². The maximum atomic E-state index is 5.38. The Morgan fingerprint density at radius 1 is 1.73 bits per heavy atom. The fraction of sp³-hybridized carbons (Fsp3) is 0.714. The van der Waals surface area contributed by atoms with Crippen molar-refractivity contribution in [3.8, 4) is 0 Å². The Morgan fingerprint density at radius 3 is 3.00 bits per heavy atom. The van der Waals surface area contributed by atoms with Crippen LogP contribution in [0.5, 0.6) is 0 Å². The predicted octanol–water partition coefficient (Wildman–Crippen LogP) is 0.900. The van der Waals surface area contributed by atoms with Crippen molar-refractivity contribution in [2.75, 3.05) is 5.73 Å². The molecule has 11 heavy (non-hydrogen) atoms. The van der Waals surface area contributed by atoms with E-state index < -0.39 is 0 Å². The van der Waals surface area contributed by atoms with E-state index in [2.05, 4.69) is 22.1 Å². The second-order valence-electron chi connectivity index (χ2n) is 3.09. The van der Waals surface area contributed by atoms with Crippen LogP contribution in [0.4, 0.5) is 5.95 Å². The van der Waals surface area contributed by atoms with Gasteiger partial charge in [0.05, 0.1) is 0 Å². The summed E-state index contributed by atoms with van der Waals surface area (Å²) in [5.74, 6) is 2.74. The van der Waals surface area contributed by atoms with E-state index in [4.69, 9.17) is 5.73 Å².